The molecule has 0 unspecified atom stereocenters. The molecule has 0 atom stereocenters. The van der Waals surface area contributed by atoms with E-state index in [9.17, 15) is 13.6 Å². The third kappa shape index (κ3) is 1.72. The van der Waals surface area contributed by atoms with Gasteiger partial charge in [-0.2, -0.15) is 0 Å². The van der Waals surface area contributed by atoms with Crippen molar-refractivity contribution in [2.45, 2.75) is 13.3 Å². The van der Waals surface area contributed by atoms with Gasteiger partial charge in [0.25, 0.3) is 12.0 Å². The van der Waals surface area contributed by atoms with Crippen LogP contribution in [-0.2, 0) is 0 Å². The molecule has 12 heavy (non-hydrogen) atoms. The first-order chi connectivity index (χ1) is 5.52. The van der Waals surface area contributed by atoms with Crippen LogP contribution in [-0.4, -0.2) is 4.98 Å². The lowest BCUT2D eigenvalue weighted by atomic mass is 10.2. The molecular weight excluding hydrogens is 232 g/mol. The number of hydrogen-bond donors (Lipinski definition) is 1. The van der Waals surface area contributed by atoms with E-state index >= 15 is 0 Å². The first kappa shape index (κ1) is 9.38. The van der Waals surface area contributed by atoms with Crippen LogP contribution in [0.25, 0.3) is 0 Å². The van der Waals surface area contributed by atoms with Crippen molar-refractivity contribution in [3.05, 3.63) is 32.2 Å². The lowest BCUT2D eigenvalue weighted by molar-refractivity contribution is 0.150. The highest BCUT2D eigenvalue weighted by Crippen LogP contribution is 2.21. The fourth-order valence-electron chi connectivity index (χ4n) is 0.841. The van der Waals surface area contributed by atoms with Crippen molar-refractivity contribution >= 4 is 15.9 Å². The Morgan fingerprint density at radius 2 is 2.17 bits per heavy atom. The lowest BCUT2D eigenvalue weighted by Gasteiger charge is -2.03. The van der Waals surface area contributed by atoms with E-state index in [1.807, 2.05) is 0 Å². The van der Waals surface area contributed by atoms with E-state index in [-0.39, 0.29) is 15.7 Å². The van der Waals surface area contributed by atoms with E-state index < -0.39 is 12.0 Å². The molecule has 2 nitrogen and oxygen atoms in total. The molecule has 0 fully saturated rings. The predicted octanol–water partition coefficient (Wildman–Crippen LogP) is 2.38. The van der Waals surface area contributed by atoms with Gasteiger partial charge in [0.05, 0.1) is 4.60 Å². The second-order valence-electron chi connectivity index (χ2n) is 2.33. The largest absolute Gasteiger partial charge is 0.316 e. The highest BCUT2D eigenvalue weighted by molar-refractivity contribution is 9.10. The van der Waals surface area contributed by atoms with E-state index in [1.54, 1.807) is 0 Å². The summed E-state index contributed by atoms with van der Waals surface area (Å²) in [5.74, 6) is 0. The number of aromatic amines is 1. The van der Waals surface area contributed by atoms with Gasteiger partial charge in [-0.15, -0.1) is 0 Å². The van der Waals surface area contributed by atoms with E-state index in [0.717, 1.165) is 0 Å². The Morgan fingerprint density at radius 3 is 2.67 bits per heavy atom. The van der Waals surface area contributed by atoms with Crippen LogP contribution in [0, 0.1) is 6.92 Å². The Labute approximate surface area is 75.7 Å². The highest BCUT2D eigenvalue weighted by Gasteiger charge is 2.13. The molecule has 0 spiro atoms. The number of rotatable bonds is 1. The number of aromatic nitrogens is 1. The second kappa shape index (κ2) is 3.35. The van der Waals surface area contributed by atoms with Crippen LogP contribution in [0.3, 0.4) is 0 Å². The average Bonchev–Trinajstić information content (AvgIpc) is 1.96. The smallest absolute Gasteiger partial charge is 0.264 e. The summed E-state index contributed by atoms with van der Waals surface area (Å²) in [6, 6.07) is 1.21. The minimum Gasteiger partial charge on any atom is -0.316 e. The molecule has 1 heterocycles. The molecular formula is C7H6BrF2NO. The van der Waals surface area contributed by atoms with Gasteiger partial charge in [0.15, 0.2) is 0 Å². The highest BCUT2D eigenvalue weighted by atomic mass is 79.9. The Bertz CT molecular complexity index is 348. The number of H-pyrrole nitrogens is 1. The maximum Gasteiger partial charge on any atom is 0.264 e. The topological polar surface area (TPSA) is 32.9 Å². The zero-order valence-electron chi connectivity index (χ0n) is 6.20. The molecule has 5 heteroatoms. The monoisotopic (exact) mass is 237 g/mol. The number of hydrogen-bond acceptors (Lipinski definition) is 1. The maximum absolute atomic E-state index is 12.2. The van der Waals surface area contributed by atoms with Gasteiger partial charge in [0, 0.05) is 11.1 Å². The van der Waals surface area contributed by atoms with Gasteiger partial charge in [-0.25, -0.2) is 8.78 Å². The first-order valence-corrected chi connectivity index (χ1v) is 3.99. The van der Waals surface area contributed by atoms with Gasteiger partial charge in [-0.05, 0) is 28.9 Å². The van der Waals surface area contributed by atoms with E-state index in [0.29, 0.717) is 0 Å². The molecule has 1 rings (SSSR count). The van der Waals surface area contributed by atoms with E-state index in [1.165, 1.54) is 13.0 Å². The van der Waals surface area contributed by atoms with Crippen molar-refractivity contribution in [2.75, 3.05) is 0 Å². The molecule has 0 amide bonds. The molecule has 0 aliphatic heterocycles. The van der Waals surface area contributed by atoms with Crippen LogP contribution in [0.5, 0.6) is 0 Å². The number of alkyl halides is 2. The van der Waals surface area contributed by atoms with Crippen molar-refractivity contribution in [1.29, 1.82) is 0 Å². The van der Waals surface area contributed by atoms with Crippen molar-refractivity contribution < 1.29 is 8.78 Å². The van der Waals surface area contributed by atoms with Crippen LogP contribution in [0.2, 0.25) is 0 Å². The molecule has 0 saturated carbocycles. The van der Waals surface area contributed by atoms with Gasteiger partial charge in [0.1, 0.15) is 0 Å². The maximum atomic E-state index is 12.2. The third-order valence-corrected chi connectivity index (χ3v) is 1.95. The van der Waals surface area contributed by atoms with Gasteiger partial charge < -0.3 is 4.98 Å². The third-order valence-electron chi connectivity index (χ3n) is 1.52. The van der Waals surface area contributed by atoms with Crippen LogP contribution in [0.4, 0.5) is 8.78 Å². The Hall–Kier alpha value is -0.710. The van der Waals surface area contributed by atoms with Gasteiger partial charge in [-0.3, -0.25) is 4.79 Å². The van der Waals surface area contributed by atoms with Gasteiger partial charge >= 0.3 is 0 Å². The minimum absolute atomic E-state index is 0.0631. The summed E-state index contributed by atoms with van der Waals surface area (Å²) < 4.78 is 24.7. The average molecular weight is 238 g/mol. The van der Waals surface area contributed by atoms with Crippen LogP contribution in [0.15, 0.2) is 15.5 Å². The zero-order valence-corrected chi connectivity index (χ0v) is 7.78. The van der Waals surface area contributed by atoms with Crippen molar-refractivity contribution in [1.82, 2.24) is 4.98 Å². The molecule has 1 aromatic rings. The standard InChI is InChI=1S/C7H6BrF2NO/c1-3-4(6(9)10)2-5(8)11-7(3)12/h2,6H,1H3,(H,11,12). The fraction of sp³-hybridized carbons (Fsp3) is 0.286. The van der Waals surface area contributed by atoms with E-state index in [2.05, 4.69) is 20.9 Å². The first-order valence-electron chi connectivity index (χ1n) is 3.20. The summed E-state index contributed by atoms with van der Waals surface area (Å²) >= 11 is 2.93. The normalized spacial score (nSPS) is 10.8. The molecule has 0 aliphatic carbocycles. The number of nitrogens with one attached hydrogen (secondary N) is 1. The Kier molecular flexibility index (Phi) is 2.62. The summed E-state index contributed by atoms with van der Waals surface area (Å²) in [5.41, 5.74) is -0.654. The van der Waals surface area contributed by atoms with Crippen molar-refractivity contribution in [3.8, 4) is 0 Å². The minimum atomic E-state index is -2.61. The molecule has 0 bridgehead atoms. The Balaban J connectivity index is 3.38. The predicted molar refractivity (Wildman–Crippen MR) is 44.5 cm³/mol. The van der Waals surface area contributed by atoms with Gasteiger partial charge in [-0.1, -0.05) is 0 Å². The van der Waals surface area contributed by atoms with Crippen LogP contribution in [0.1, 0.15) is 17.6 Å². The second-order valence-corrected chi connectivity index (χ2v) is 3.18. The quantitative estimate of drug-likeness (QED) is 0.748. The van der Waals surface area contributed by atoms with E-state index in [4.69, 9.17) is 0 Å². The summed E-state index contributed by atoms with van der Waals surface area (Å²) in [6.45, 7) is 1.37. The fourth-order valence-corrected chi connectivity index (χ4v) is 1.27. The summed E-state index contributed by atoms with van der Waals surface area (Å²) in [7, 11) is 0. The zero-order chi connectivity index (χ0) is 9.30. The SMILES string of the molecule is Cc1c(C(F)F)cc(Br)[nH]c1=O. The molecule has 0 aliphatic rings. The molecule has 0 saturated heterocycles. The van der Waals surface area contributed by atoms with Crippen molar-refractivity contribution in [3.63, 3.8) is 0 Å². The Morgan fingerprint density at radius 1 is 1.58 bits per heavy atom. The summed E-state index contributed by atoms with van der Waals surface area (Å²) in [6.07, 6.45) is -2.61. The molecule has 1 aromatic heterocycles. The molecule has 66 valence electrons. The molecule has 0 radical (unpaired) electrons. The summed E-state index contributed by atoms with van der Waals surface area (Å²) in [4.78, 5) is 13.3. The summed E-state index contributed by atoms with van der Waals surface area (Å²) in [5, 5.41) is 0. The number of halogens is 3. The van der Waals surface area contributed by atoms with Crippen molar-refractivity contribution in [2.24, 2.45) is 0 Å². The molecule has 1 N–H and O–H groups in total. The van der Waals surface area contributed by atoms with Gasteiger partial charge in [0.2, 0.25) is 0 Å². The molecule has 0 aromatic carbocycles. The van der Waals surface area contributed by atoms with Crippen LogP contribution >= 0.6 is 15.9 Å². The lowest BCUT2D eigenvalue weighted by Crippen LogP contribution is -2.12. The van der Waals surface area contributed by atoms with Crippen LogP contribution < -0.4 is 5.56 Å². The number of pyridine rings is 1.